The van der Waals surface area contributed by atoms with Crippen molar-refractivity contribution in [3.05, 3.63) is 94.8 Å². The van der Waals surface area contributed by atoms with Crippen molar-refractivity contribution in [2.45, 2.75) is 25.3 Å². The smallest absolute Gasteiger partial charge is 0.304 e. The molecule has 3 aromatic rings. The Kier molecular flexibility index (Phi) is 6.69. The van der Waals surface area contributed by atoms with Crippen LogP contribution in [0.25, 0.3) is 0 Å². The maximum atomic E-state index is 13.3. The molecule has 5 N–H and O–H groups in total. The number of aliphatic carboxylic acids is 1. The van der Waals surface area contributed by atoms with Gasteiger partial charge in [0.2, 0.25) is 0 Å². The summed E-state index contributed by atoms with van der Waals surface area (Å²) in [5.74, 6) is -1.21. The summed E-state index contributed by atoms with van der Waals surface area (Å²) >= 11 is 0. The number of benzene rings is 2. The van der Waals surface area contributed by atoms with Gasteiger partial charge in [-0.25, -0.2) is 19.4 Å². The molecule has 0 aliphatic heterocycles. The summed E-state index contributed by atoms with van der Waals surface area (Å²) in [6.45, 7) is 0.406. The van der Waals surface area contributed by atoms with Crippen LogP contribution in [0, 0.1) is 5.82 Å². The molecule has 2 aromatic carbocycles. The molecule has 1 aromatic heterocycles. The SMILES string of the molecule is NC(N)=NCc1ccc(Cc2nccc(C(CC(=O)O)c3ccc(F)cc3)n2)cc1. The second-order valence-electron chi connectivity index (χ2n) is 6.83. The number of hydrogen-bond donors (Lipinski definition) is 3. The molecular formula is C22H22FN5O2. The van der Waals surface area contributed by atoms with E-state index in [0.717, 1.165) is 11.1 Å². The van der Waals surface area contributed by atoms with Crippen molar-refractivity contribution in [1.82, 2.24) is 9.97 Å². The third-order valence-corrected chi connectivity index (χ3v) is 4.56. The molecule has 154 valence electrons. The largest absolute Gasteiger partial charge is 0.481 e. The first-order chi connectivity index (χ1) is 14.4. The van der Waals surface area contributed by atoms with Crippen LogP contribution in [0.2, 0.25) is 0 Å². The van der Waals surface area contributed by atoms with Crippen molar-refractivity contribution in [2.75, 3.05) is 0 Å². The zero-order valence-corrected chi connectivity index (χ0v) is 16.2. The van der Waals surface area contributed by atoms with Gasteiger partial charge in [0.05, 0.1) is 18.7 Å². The minimum atomic E-state index is -0.958. The average Bonchev–Trinajstić information content (AvgIpc) is 2.72. The molecule has 0 bridgehead atoms. The first-order valence-corrected chi connectivity index (χ1v) is 9.33. The Morgan fingerprint density at radius 1 is 1.03 bits per heavy atom. The molecule has 0 saturated carbocycles. The van der Waals surface area contributed by atoms with Crippen LogP contribution in [-0.2, 0) is 17.8 Å². The lowest BCUT2D eigenvalue weighted by atomic mass is 9.92. The minimum absolute atomic E-state index is 0.0429. The van der Waals surface area contributed by atoms with Gasteiger partial charge in [0.25, 0.3) is 0 Å². The Bertz CT molecular complexity index is 1030. The van der Waals surface area contributed by atoms with Crippen molar-refractivity contribution in [3.8, 4) is 0 Å². The normalized spacial score (nSPS) is 11.6. The Balaban J connectivity index is 1.80. The van der Waals surface area contributed by atoms with E-state index in [1.165, 1.54) is 12.1 Å². The van der Waals surface area contributed by atoms with Crippen LogP contribution in [0.4, 0.5) is 4.39 Å². The summed E-state index contributed by atoms with van der Waals surface area (Å²) in [6, 6.07) is 15.2. The van der Waals surface area contributed by atoms with Gasteiger partial charge in [0.1, 0.15) is 11.6 Å². The number of halogens is 1. The first-order valence-electron chi connectivity index (χ1n) is 9.33. The maximum Gasteiger partial charge on any atom is 0.304 e. The minimum Gasteiger partial charge on any atom is -0.481 e. The topological polar surface area (TPSA) is 127 Å². The zero-order chi connectivity index (χ0) is 21.5. The number of hydrogen-bond acceptors (Lipinski definition) is 4. The number of nitrogens with two attached hydrogens (primary N) is 2. The molecule has 1 unspecified atom stereocenters. The van der Waals surface area contributed by atoms with Gasteiger partial charge in [-0.05, 0) is 34.9 Å². The lowest BCUT2D eigenvalue weighted by Gasteiger charge is -2.15. The predicted molar refractivity (Wildman–Crippen MR) is 111 cm³/mol. The van der Waals surface area contributed by atoms with Gasteiger partial charge in [-0.3, -0.25) is 4.79 Å². The molecule has 0 amide bonds. The number of nitrogens with zero attached hydrogens (tertiary/aromatic N) is 3. The molecule has 0 saturated heterocycles. The summed E-state index contributed by atoms with van der Waals surface area (Å²) in [4.78, 5) is 24.2. The predicted octanol–water partition coefficient (Wildman–Crippen LogP) is 2.59. The highest BCUT2D eigenvalue weighted by atomic mass is 19.1. The van der Waals surface area contributed by atoms with Crippen LogP contribution in [0.5, 0.6) is 0 Å². The standard InChI is InChI=1S/C22H22FN5O2/c23-17-7-5-16(6-8-17)18(12-21(29)30)19-9-10-26-20(28-19)11-14-1-3-15(4-2-14)13-27-22(24)25/h1-10,18H,11-13H2,(H,29,30)(H4,24,25,27). The molecule has 30 heavy (non-hydrogen) atoms. The van der Waals surface area contributed by atoms with Crippen LogP contribution in [-0.4, -0.2) is 27.0 Å². The van der Waals surface area contributed by atoms with E-state index >= 15 is 0 Å². The molecular weight excluding hydrogens is 385 g/mol. The van der Waals surface area contributed by atoms with Gasteiger partial charge in [-0.1, -0.05) is 36.4 Å². The van der Waals surface area contributed by atoms with Gasteiger partial charge in [-0.2, -0.15) is 0 Å². The van der Waals surface area contributed by atoms with E-state index in [4.69, 9.17) is 11.5 Å². The monoisotopic (exact) mass is 407 g/mol. The first kappa shape index (κ1) is 20.9. The van der Waals surface area contributed by atoms with Gasteiger partial charge in [-0.15, -0.1) is 0 Å². The lowest BCUT2D eigenvalue weighted by molar-refractivity contribution is -0.137. The number of rotatable bonds is 8. The number of aliphatic imine (C=N–C) groups is 1. The molecule has 0 spiro atoms. The number of carbonyl (C=O) groups is 1. The highest BCUT2D eigenvalue weighted by molar-refractivity contribution is 5.75. The van der Waals surface area contributed by atoms with E-state index in [2.05, 4.69) is 15.0 Å². The molecule has 0 aliphatic rings. The lowest BCUT2D eigenvalue weighted by Crippen LogP contribution is -2.22. The highest BCUT2D eigenvalue weighted by Gasteiger charge is 2.20. The van der Waals surface area contributed by atoms with E-state index in [1.54, 1.807) is 24.4 Å². The molecule has 1 atom stereocenters. The molecule has 8 heteroatoms. The number of carboxylic acids is 1. The van der Waals surface area contributed by atoms with Crippen LogP contribution in [0.15, 0.2) is 65.8 Å². The molecule has 0 aliphatic carbocycles. The van der Waals surface area contributed by atoms with Crippen molar-refractivity contribution >= 4 is 11.9 Å². The number of guanidine groups is 1. The average molecular weight is 407 g/mol. The van der Waals surface area contributed by atoms with Gasteiger partial charge < -0.3 is 16.6 Å². The second kappa shape index (κ2) is 9.60. The van der Waals surface area contributed by atoms with Gasteiger partial charge in [0, 0.05) is 18.5 Å². The van der Waals surface area contributed by atoms with Gasteiger partial charge in [0.15, 0.2) is 5.96 Å². The Morgan fingerprint density at radius 2 is 1.70 bits per heavy atom. The van der Waals surface area contributed by atoms with Crippen LogP contribution < -0.4 is 11.5 Å². The van der Waals surface area contributed by atoms with E-state index in [-0.39, 0.29) is 18.2 Å². The number of carboxylic acid groups (broad SMARTS) is 1. The molecule has 7 nitrogen and oxygen atoms in total. The van der Waals surface area contributed by atoms with Crippen LogP contribution in [0.3, 0.4) is 0 Å². The number of aromatic nitrogens is 2. The summed E-state index contributed by atoms with van der Waals surface area (Å²) in [7, 11) is 0. The van der Waals surface area contributed by atoms with Crippen molar-refractivity contribution < 1.29 is 14.3 Å². The Labute approximate surface area is 173 Å². The summed E-state index contributed by atoms with van der Waals surface area (Å²) in [6.07, 6.45) is 1.95. The third kappa shape index (κ3) is 5.84. The van der Waals surface area contributed by atoms with Crippen LogP contribution in [0.1, 0.15) is 40.5 Å². The van der Waals surface area contributed by atoms with E-state index in [0.29, 0.717) is 30.0 Å². The van der Waals surface area contributed by atoms with Crippen molar-refractivity contribution in [3.63, 3.8) is 0 Å². The molecule has 0 radical (unpaired) electrons. The third-order valence-electron chi connectivity index (χ3n) is 4.56. The summed E-state index contributed by atoms with van der Waals surface area (Å²) in [5, 5.41) is 9.33. The van der Waals surface area contributed by atoms with Gasteiger partial charge >= 0.3 is 5.97 Å². The fourth-order valence-electron chi connectivity index (χ4n) is 3.08. The second-order valence-corrected chi connectivity index (χ2v) is 6.83. The molecule has 1 heterocycles. The Hall–Kier alpha value is -3.81. The maximum absolute atomic E-state index is 13.3. The van der Waals surface area contributed by atoms with E-state index in [9.17, 15) is 14.3 Å². The highest BCUT2D eigenvalue weighted by Crippen LogP contribution is 2.27. The molecule has 3 rings (SSSR count). The van der Waals surface area contributed by atoms with Crippen molar-refractivity contribution in [2.24, 2.45) is 16.5 Å². The summed E-state index contributed by atoms with van der Waals surface area (Å²) < 4.78 is 13.3. The quantitative estimate of drug-likeness (QED) is 0.389. The Morgan fingerprint density at radius 3 is 2.33 bits per heavy atom. The molecule has 0 fully saturated rings. The van der Waals surface area contributed by atoms with E-state index in [1.807, 2.05) is 24.3 Å². The zero-order valence-electron chi connectivity index (χ0n) is 16.2. The van der Waals surface area contributed by atoms with Crippen molar-refractivity contribution in [1.29, 1.82) is 0 Å². The fraction of sp³-hybridized carbons (Fsp3) is 0.182. The van der Waals surface area contributed by atoms with Crippen LogP contribution >= 0.6 is 0 Å². The van der Waals surface area contributed by atoms with E-state index < -0.39 is 11.9 Å². The summed E-state index contributed by atoms with van der Waals surface area (Å²) in [5.41, 5.74) is 13.9. The fourth-order valence-corrected chi connectivity index (χ4v) is 3.08.